The third-order valence-corrected chi connectivity index (χ3v) is 12.4. The van der Waals surface area contributed by atoms with Crippen molar-refractivity contribution < 1.29 is 18.0 Å². The maximum absolute atomic E-state index is 13.1. The zero-order valence-corrected chi connectivity index (χ0v) is 28.9. The van der Waals surface area contributed by atoms with E-state index in [-0.39, 0.29) is 16.7 Å². The fourth-order valence-electron chi connectivity index (χ4n) is 8.97. The van der Waals surface area contributed by atoms with E-state index in [4.69, 9.17) is 11.6 Å². The molecular formula is C37H49ClN4O4S. The minimum atomic E-state index is -3.92. The summed E-state index contributed by atoms with van der Waals surface area (Å²) in [5, 5.41) is 7.37. The molecule has 10 heteroatoms. The summed E-state index contributed by atoms with van der Waals surface area (Å²) in [5.41, 5.74) is 1.61. The van der Waals surface area contributed by atoms with Gasteiger partial charge in [-0.3, -0.25) is 14.3 Å². The van der Waals surface area contributed by atoms with E-state index in [1.54, 1.807) is 30.5 Å². The van der Waals surface area contributed by atoms with Crippen LogP contribution in [0.3, 0.4) is 0 Å². The number of rotatable bonds is 17. The third-order valence-electron chi connectivity index (χ3n) is 10.7. The molecule has 8 nitrogen and oxygen atoms in total. The first-order valence-electron chi connectivity index (χ1n) is 17.6. The molecule has 4 N–H and O–H groups in total. The van der Waals surface area contributed by atoms with E-state index < -0.39 is 10.0 Å². The molecule has 47 heavy (non-hydrogen) atoms. The van der Waals surface area contributed by atoms with Crippen LogP contribution in [0.2, 0.25) is 5.02 Å². The number of nitrogens with one attached hydrogen (secondary N) is 4. The molecule has 254 valence electrons. The average molecular weight is 681 g/mol. The first-order chi connectivity index (χ1) is 22.7. The summed E-state index contributed by atoms with van der Waals surface area (Å²) >= 11 is 6.17. The van der Waals surface area contributed by atoms with Gasteiger partial charge in [0.1, 0.15) is 0 Å². The van der Waals surface area contributed by atoms with Gasteiger partial charge in [-0.2, -0.15) is 0 Å². The van der Waals surface area contributed by atoms with Crippen LogP contribution >= 0.6 is 11.6 Å². The first kappa shape index (κ1) is 33.8. The number of anilines is 1. The number of carbonyl (C=O) groups excluding carboxylic acids is 2. The molecular weight excluding hydrogens is 632 g/mol. The molecule has 4 fully saturated rings. The Bertz CT molecular complexity index is 1630. The molecule has 4 saturated carbocycles. The number of aromatic amines is 1. The predicted molar refractivity (Wildman–Crippen MR) is 188 cm³/mol. The summed E-state index contributed by atoms with van der Waals surface area (Å²) in [7, 11) is -3.92. The summed E-state index contributed by atoms with van der Waals surface area (Å²) in [6.45, 7) is 1.35. The van der Waals surface area contributed by atoms with Crippen molar-refractivity contribution in [3.05, 3.63) is 59.2 Å². The van der Waals surface area contributed by atoms with Crippen molar-refractivity contribution in [3.63, 3.8) is 0 Å². The second kappa shape index (κ2) is 15.0. The smallest absolute Gasteiger partial charge is 0.261 e. The van der Waals surface area contributed by atoms with Crippen LogP contribution in [0.4, 0.5) is 5.69 Å². The van der Waals surface area contributed by atoms with E-state index in [9.17, 15) is 18.0 Å². The largest absolute Gasteiger partial charge is 0.358 e. The number of benzene rings is 2. The number of unbranched alkanes of at least 4 members (excludes halogenated alkanes) is 7. The lowest BCUT2D eigenvalue weighted by Gasteiger charge is -2.56. The van der Waals surface area contributed by atoms with Gasteiger partial charge in [0.2, 0.25) is 5.91 Å². The zero-order chi connectivity index (χ0) is 32.9. The SMILES string of the molecule is O=C(CC12CC3CC(CC(C3)C1)C2)NCCCCCCCCCCNC(=O)c1cccc(S(=O)(=O)Nc2cccc3c(Cl)c[nH]c23)c1. The predicted octanol–water partition coefficient (Wildman–Crippen LogP) is 8.20. The minimum absolute atomic E-state index is 0.0136. The topological polar surface area (TPSA) is 120 Å². The summed E-state index contributed by atoms with van der Waals surface area (Å²) < 4.78 is 28.8. The number of aromatic nitrogens is 1. The van der Waals surface area contributed by atoms with Gasteiger partial charge in [-0.25, -0.2) is 8.42 Å². The van der Waals surface area contributed by atoms with Crippen LogP contribution in [0, 0.1) is 23.2 Å². The van der Waals surface area contributed by atoms with Crippen LogP contribution in [-0.4, -0.2) is 38.3 Å². The summed E-state index contributed by atoms with van der Waals surface area (Å²) in [6, 6.07) is 11.3. The third kappa shape index (κ3) is 8.52. The van der Waals surface area contributed by atoms with Crippen molar-refractivity contribution in [1.29, 1.82) is 0 Å². The number of para-hydroxylation sites is 1. The molecule has 2 aromatic carbocycles. The van der Waals surface area contributed by atoms with Gasteiger partial charge in [0.05, 0.1) is 21.1 Å². The van der Waals surface area contributed by atoms with Crippen molar-refractivity contribution in [2.45, 2.75) is 101 Å². The lowest BCUT2D eigenvalue weighted by atomic mass is 9.49. The highest BCUT2D eigenvalue weighted by Crippen LogP contribution is 2.61. The average Bonchev–Trinajstić information content (AvgIpc) is 3.42. The van der Waals surface area contributed by atoms with Crippen LogP contribution in [0.25, 0.3) is 10.9 Å². The van der Waals surface area contributed by atoms with Crippen LogP contribution in [0.5, 0.6) is 0 Å². The van der Waals surface area contributed by atoms with Crippen LogP contribution in [0.1, 0.15) is 107 Å². The Hall–Kier alpha value is -3.04. The highest BCUT2D eigenvalue weighted by atomic mass is 35.5. The fourth-order valence-corrected chi connectivity index (χ4v) is 10.3. The Kier molecular flexibility index (Phi) is 10.8. The molecule has 1 aromatic heterocycles. The number of hydrogen-bond donors (Lipinski definition) is 4. The van der Waals surface area contributed by atoms with Crippen molar-refractivity contribution in [3.8, 4) is 0 Å². The van der Waals surface area contributed by atoms with Gasteiger partial charge < -0.3 is 15.6 Å². The Labute approximate surface area is 284 Å². The molecule has 0 spiro atoms. The van der Waals surface area contributed by atoms with Crippen molar-refractivity contribution in [2.24, 2.45) is 23.2 Å². The van der Waals surface area contributed by atoms with Gasteiger partial charge in [-0.15, -0.1) is 0 Å². The monoisotopic (exact) mass is 680 g/mol. The minimum Gasteiger partial charge on any atom is -0.358 e. The quantitative estimate of drug-likeness (QED) is 0.107. The van der Waals surface area contributed by atoms with E-state index in [1.165, 1.54) is 69.9 Å². The molecule has 0 saturated heterocycles. The summed E-state index contributed by atoms with van der Waals surface area (Å²) in [6.07, 6.45) is 19.3. The normalized spacial score (nSPS) is 23.2. The number of amides is 2. The molecule has 0 radical (unpaired) electrons. The molecule has 4 aliphatic carbocycles. The number of hydrogen-bond acceptors (Lipinski definition) is 4. The van der Waals surface area contributed by atoms with Crippen LogP contribution in [0.15, 0.2) is 53.6 Å². The zero-order valence-electron chi connectivity index (χ0n) is 27.3. The number of halogens is 1. The molecule has 1 heterocycles. The lowest BCUT2D eigenvalue weighted by molar-refractivity contribution is -0.129. The van der Waals surface area contributed by atoms with E-state index >= 15 is 0 Å². The van der Waals surface area contributed by atoms with Crippen molar-refractivity contribution in [1.82, 2.24) is 15.6 Å². The molecule has 4 bridgehead atoms. The van der Waals surface area contributed by atoms with Gasteiger partial charge in [0.25, 0.3) is 15.9 Å². The number of fused-ring (bicyclic) bond motifs is 1. The maximum atomic E-state index is 13.1. The van der Waals surface area contributed by atoms with Crippen LogP contribution < -0.4 is 15.4 Å². The fraction of sp³-hybridized carbons (Fsp3) is 0.568. The molecule has 3 aromatic rings. The standard InChI is InChI=1S/C37H49ClN4O4S/c38-32-25-41-35-31(32)13-10-14-33(35)42-47(45,46)30-12-9-11-29(20-30)36(44)40-16-8-6-4-2-1-3-5-7-15-39-34(43)24-37-21-26-17-27(22-37)19-28(18-26)23-37/h9-14,20,25-28,41-42H,1-8,15-19,21-24H2,(H,39,43)(H,40,44). The summed E-state index contributed by atoms with van der Waals surface area (Å²) in [5.74, 6) is 2.68. The van der Waals surface area contributed by atoms with Crippen molar-refractivity contribution >= 4 is 50.0 Å². The number of carbonyl (C=O) groups is 2. The molecule has 0 unspecified atom stereocenters. The molecule has 0 atom stereocenters. The van der Waals surface area contributed by atoms with E-state index in [2.05, 4.69) is 20.3 Å². The van der Waals surface area contributed by atoms with Gasteiger partial charge in [-0.1, -0.05) is 68.3 Å². The molecule has 2 amide bonds. The number of sulfonamides is 1. The highest BCUT2D eigenvalue weighted by molar-refractivity contribution is 7.92. The lowest BCUT2D eigenvalue weighted by Crippen LogP contribution is -2.48. The Morgan fingerprint density at radius 2 is 1.40 bits per heavy atom. The molecule has 7 rings (SSSR count). The molecule has 4 aliphatic rings. The van der Waals surface area contributed by atoms with Gasteiger partial charge in [-0.05, 0) is 98.8 Å². The highest BCUT2D eigenvalue weighted by Gasteiger charge is 2.51. The van der Waals surface area contributed by atoms with Gasteiger partial charge in [0.15, 0.2) is 0 Å². The molecule has 0 aliphatic heterocycles. The Morgan fingerprint density at radius 1 is 0.809 bits per heavy atom. The van der Waals surface area contributed by atoms with Gasteiger partial charge in [0, 0.05) is 36.7 Å². The van der Waals surface area contributed by atoms with E-state index in [1.807, 2.05) is 6.07 Å². The second-order valence-electron chi connectivity index (χ2n) is 14.5. The Morgan fingerprint density at radius 3 is 2.06 bits per heavy atom. The van der Waals surface area contributed by atoms with Crippen molar-refractivity contribution in [2.75, 3.05) is 17.8 Å². The maximum Gasteiger partial charge on any atom is 0.261 e. The summed E-state index contributed by atoms with van der Waals surface area (Å²) in [4.78, 5) is 28.5. The second-order valence-corrected chi connectivity index (χ2v) is 16.6. The van der Waals surface area contributed by atoms with Gasteiger partial charge >= 0.3 is 0 Å². The van der Waals surface area contributed by atoms with Crippen LogP contribution in [-0.2, 0) is 14.8 Å². The number of H-pyrrole nitrogens is 1. The first-order valence-corrected chi connectivity index (χ1v) is 19.5. The van der Waals surface area contributed by atoms with E-state index in [0.29, 0.717) is 33.7 Å². The van der Waals surface area contributed by atoms with E-state index in [0.717, 1.165) is 68.2 Å². The Balaban J connectivity index is 0.811.